The minimum atomic E-state index is -3.61. The number of rotatable bonds is 8. The molecule has 2 heterocycles. The molecule has 1 aliphatic heterocycles. The van der Waals surface area contributed by atoms with Crippen molar-refractivity contribution >= 4 is 27.9 Å². The molecule has 2 aliphatic rings. The van der Waals surface area contributed by atoms with Crippen molar-refractivity contribution in [3.8, 4) is 5.88 Å². The van der Waals surface area contributed by atoms with E-state index in [1.54, 1.807) is 12.1 Å². The summed E-state index contributed by atoms with van der Waals surface area (Å²) in [5.74, 6) is -1.03. The van der Waals surface area contributed by atoms with Crippen molar-refractivity contribution in [2.75, 3.05) is 5.75 Å². The number of nitrogens with zero attached hydrogens (tertiary/aromatic N) is 2. The van der Waals surface area contributed by atoms with Crippen LogP contribution in [0.2, 0.25) is 0 Å². The first-order valence-electron chi connectivity index (χ1n) is 9.71. The average molecular weight is 439 g/mol. The van der Waals surface area contributed by atoms with Gasteiger partial charge in [-0.25, -0.2) is 23.3 Å². The van der Waals surface area contributed by atoms with Gasteiger partial charge in [-0.05, 0) is 50.7 Å². The van der Waals surface area contributed by atoms with E-state index in [2.05, 4.69) is 10.3 Å². The molecular weight excluding hydrogens is 414 g/mol. The molecule has 1 aromatic rings. The van der Waals surface area contributed by atoms with Gasteiger partial charge >= 0.3 is 6.03 Å². The van der Waals surface area contributed by atoms with E-state index in [9.17, 15) is 22.8 Å². The first kappa shape index (κ1) is 22.0. The summed E-state index contributed by atoms with van der Waals surface area (Å²) < 4.78 is 27.9. The average Bonchev–Trinajstić information content (AvgIpc) is 2.95. The Kier molecular flexibility index (Phi) is 6.56. The van der Waals surface area contributed by atoms with E-state index in [4.69, 9.17) is 15.6 Å². The van der Waals surface area contributed by atoms with Crippen LogP contribution in [0.25, 0.3) is 0 Å². The fraction of sp³-hybridized carbons (Fsp3) is 0.556. The molecule has 30 heavy (non-hydrogen) atoms. The Morgan fingerprint density at radius 1 is 1.27 bits per heavy atom. The Balaban J connectivity index is 1.54. The van der Waals surface area contributed by atoms with Gasteiger partial charge in [0, 0.05) is 12.2 Å². The molecule has 2 fully saturated rings. The number of imide groups is 1. The van der Waals surface area contributed by atoms with Gasteiger partial charge in [0.15, 0.2) is 0 Å². The second-order valence-electron chi connectivity index (χ2n) is 7.49. The monoisotopic (exact) mass is 439 g/mol. The van der Waals surface area contributed by atoms with Gasteiger partial charge in [-0.1, -0.05) is 0 Å². The van der Waals surface area contributed by atoms with Crippen LogP contribution in [0.15, 0.2) is 18.3 Å². The van der Waals surface area contributed by atoms with Crippen molar-refractivity contribution < 1.29 is 27.5 Å². The molecule has 1 atom stereocenters. The lowest BCUT2D eigenvalue weighted by atomic mass is 9.91. The van der Waals surface area contributed by atoms with Gasteiger partial charge in [-0.15, -0.1) is 0 Å². The van der Waals surface area contributed by atoms with Crippen molar-refractivity contribution in [1.29, 1.82) is 0 Å². The van der Waals surface area contributed by atoms with Crippen LogP contribution in [-0.2, 0) is 14.8 Å². The molecule has 1 saturated heterocycles. The maximum atomic E-state index is 12.6. The van der Waals surface area contributed by atoms with E-state index in [-0.39, 0.29) is 48.1 Å². The summed E-state index contributed by atoms with van der Waals surface area (Å²) in [6.45, 7) is 0. The van der Waals surface area contributed by atoms with E-state index in [1.807, 2.05) is 0 Å². The molecule has 0 bridgehead atoms. The standard InChI is InChI=1S/C18H25N5O6S/c19-15(24)13-3-1-9-21-16(13)29-12-7-5-11(6-8-12)23-17(25)14(22-18(23)26)4-2-10-30(20,27)28/h1,3,9,11-12,14H,2,4-8,10H2,(H2,19,24)(H,22,26)(H2,20,27,28). The number of urea groups is 1. The van der Waals surface area contributed by atoms with Crippen molar-refractivity contribution in [1.82, 2.24) is 15.2 Å². The molecule has 1 aliphatic carbocycles. The lowest BCUT2D eigenvalue weighted by Crippen LogP contribution is -2.44. The second kappa shape index (κ2) is 8.96. The number of hydrogen-bond acceptors (Lipinski definition) is 7. The molecule has 3 rings (SSSR count). The smallest absolute Gasteiger partial charge is 0.325 e. The van der Waals surface area contributed by atoms with Crippen LogP contribution in [0.4, 0.5) is 4.79 Å². The maximum absolute atomic E-state index is 12.6. The molecule has 1 aromatic heterocycles. The molecule has 12 heteroatoms. The van der Waals surface area contributed by atoms with Crippen molar-refractivity contribution in [2.45, 2.75) is 56.7 Å². The summed E-state index contributed by atoms with van der Waals surface area (Å²) in [5, 5.41) is 7.59. The highest BCUT2D eigenvalue weighted by molar-refractivity contribution is 7.89. The third kappa shape index (κ3) is 5.25. The molecule has 4 amide bonds. The Hall–Kier alpha value is -2.73. The molecule has 11 nitrogen and oxygen atoms in total. The zero-order valence-corrected chi connectivity index (χ0v) is 17.1. The van der Waals surface area contributed by atoms with E-state index < -0.39 is 28.0 Å². The number of amides is 4. The van der Waals surface area contributed by atoms with Crippen LogP contribution < -0.4 is 20.9 Å². The predicted molar refractivity (Wildman–Crippen MR) is 106 cm³/mol. The van der Waals surface area contributed by atoms with Crippen molar-refractivity contribution in [2.24, 2.45) is 10.9 Å². The summed E-state index contributed by atoms with van der Waals surface area (Å²) in [6, 6.07) is 1.67. The maximum Gasteiger partial charge on any atom is 0.325 e. The third-order valence-corrected chi connectivity index (χ3v) is 6.16. The Labute approximate surface area is 174 Å². The highest BCUT2D eigenvalue weighted by Gasteiger charge is 2.43. The minimum absolute atomic E-state index is 0.179. The first-order valence-corrected chi connectivity index (χ1v) is 11.4. The molecule has 0 spiro atoms. The van der Waals surface area contributed by atoms with E-state index in [0.29, 0.717) is 25.7 Å². The van der Waals surface area contributed by atoms with Crippen LogP contribution in [-0.4, -0.2) is 60.1 Å². The van der Waals surface area contributed by atoms with Gasteiger partial charge in [0.05, 0.1) is 5.75 Å². The number of nitrogens with one attached hydrogen (secondary N) is 1. The highest BCUT2D eigenvalue weighted by atomic mass is 32.2. The molecule has 0 aromatic carbocycles. The van der Waals surface area contributed by atoms with Gasteiger partial charge in [-0.3, -0.25) is 14.5 Å². The number of primary amides is 1. The summed E-state index contributed by atoms with van der Waals surface area (Å²) in [6.07, 6.45) is 3.96. The Morgan fingerprint density at radius 2 is 1.97 bits per heavy atom. The SMILES string of the molecule is NC(=O)c1cccnc1OC1CCC(N2C(=O)NC(CCCS(N)(=O)=O)C2=O)CC1. The van der Waals surface area contributed by atoms with E-state index >= 15 is 0 Å². The topological polar surface area (TPSA) is 175 Å². The predicted octanol–water partition coefficient (Wildman–Crippen LogP) is -0.140. The fourth-order valence-corrected chi connectivity index (χ4v) is 4.40. The van der Waals surface area contributed by atoms with Gasteiger partial charge in [0.25, 0.3) is 11.8 Å². The van der Waals surface area contributed by atoms with Gasteiger partial charge in [0.1, 0.15) is 17.7 Å². The van der Waals surface area contributed by atoms with Crippen molar-refractivity contribution in [3.05, 3.63) is 23.9 Å². The van der Waals surface area contributed by atoms with Crippen LogP contribution in [0.1, 0.15) is 48.9 Å². The zero-order chi connectivity index (χ0) is 21.9. The number of carbonyl (C=O) groups excluding carboxylic acids is 3. The summed E-state index contributed by atoms with van der Waals surface area (Å²) in [5.41, 5.74) is 5.54. The zero-order valence-electron chi connectivity index (χ0n) is 16.3. The fourth-order valence-electron chi connectivity index (χ4n) is 3.83. The largest absolute Gasteiger partial charge is 0.474 e. The van der Waals surface area contributed by atoms with Gasteiger partial charge < -0.3 is 15.8 Å². The molecule has 0 radical (unpaired) electrons. The summed E-state index contributed by atoms with van der Waals surface area (Å²) >= 11 is 0. The molecule has 164 valence electrons. The number of nitrogens with two attached hydrogens (primary N) is 2. The van der Waals surface area contributed by atoms with Crippen LogP contribution in [0.3, 0.4) is 0 Å². The highest BCUT2D eigenvalue weighted by Crippen LogP contribution is 2.29. The minimum Gasteiger partial charge on any atom is -0.474 e. The normalized spacial score (nSPS) is 24.6. The Morgan fingerprint density at radius 3 is 2.60 bits per heavy atom. The Bertz CT molecular complexity index is 929. The lowest BCUT2D eigenvalue weighted by molar-refractivity contribution is -0.129. The lowest BCUT2D eigenvalue weighted by Gasteiger charge is -2.33. The number of sulfonamides is 1. The third-order valence-electron chi connectivity index (χ3n) is 5.30. The first-order chi connectivity index (χ1) is 14.2. The molecular formula is C18H25N5O6S. The summed E-state index contributed by atoms with van der Waals surface area (Å²) in [4.78, 5) is 41.7. The number of hydrogen-bond donors (Lipinski definition) is 3. The number of primary sulfonamides is 1. The summed E-state index contributed by atoms with van der Waals surface area (Å²) in [7, 11) is -3.61. The molecule has 1 saturated carbocycles. The number of carbonyl (C=O) groups is 3. The van der Waals surface area contributed by atoms with Crippen LogP contribution in [0.5, 0.6) is 5.88 Å². The number of aromatic nitrogens is 1. The molecule has 1 unspecified atom stereocenters. The number of ether oxygens (including phenoxy) is 1. The number of pyridine rings is 1. The molecule has 5 N–H and O–H groups in total. The van der Waals surface area contributed by atoms with Crippen LogP contribution in [0, 0.1) is 0 Å². The van der Waals surface area contributed by atoms with E-state index in [0.717, 1.165) is 0 Å². The second-order valence-corrected chi connectivity index (χ2v) is 9.22. The van der Waals surface area contributed by atoms with Gasteiger partial charge in [-0.2, -0.15) is 0 Å². The quantitative estimate of drug-likeness (QED) is 0.472. The van der Waals surface area contributed by atoms with Crippen LogP contribution >= 0.6 is 0 Å². The van der Waals surface area contributed by atoms with Crippen molar-refractivity contribution in [3.63, 3.8) is 0 Å². The van der Waals surface area contributed by atoms with Gasteiger partial charge in [0.2, 0.25) is 15.9 Å². The van der Waals surface area contributed by atoms with E-state index in [1.165, 1.54) is 11.1 Å².